The summed E-state index contributed by atoms with van der Waals surface area (Å²) in [6, 6.07) is 50.0. The van der Waals surface area contributed by atoms with Crippen molar-refractivity contribution in [2.45, 2.75) is 12.0 Å². The van der Waals surface area contributed by atoms with Crippen molar-refractivity contribution in [1.82, 2.24) is 19.9 Å². The predicted octanol–water partition coefficient (Wildman–Crippen LogP) is 8.36. The van der Waals surface area contributed by atoms with E-state index in [0.29, 0.717) is 23.2 Å². The molecule has 0 saturated heterocycles. The third-order valence-electron chi connectivity index (χ3n) is 9.63. The number of ether oxygens (including phenoxy) is 1. The molecule has 5 heteroatoms. The van der Waals surface area contributed by atoms with Crippen molar-refractivity contribution < 1.29 is 4.74 Å². The summed E-state index contributed by atoms with van der Waals surface area (Å²) in [7, 11) is 0. The van der Waals surface area contributed by atoms with Gasteiger partial charge in [0.15, 0.2) is 17.5 Å². The lowest BCUT2D eigenvalue weighted by Gasteiger charge is -2.17. The van der Waals surface area contributed by atoms with Crippen molar-refractivity contribution in [3.05, 3.63) is 162 Å². The Morgan fingerprint density at radius 1 is 0.469 bits per heavy atom. The summed E-state index contributed by atoms with van der Waals surface area (Å²) in [5.41, 5.74) is 5.38. The van der Waals surface area contributed by atoms with E-state index in [1.54, 1.807) is 0 Å². The van der Waals surface area contributed by atoms with Gasteiger partial charge in [-0.3, -0.25) is 0 Å². The van der Waals surface area contributed by atoms with Crippen LogP contribution in [0.2, 0.25) is 0 Å². The molecule has 2 unspecified atom stereocenters. The van der Waals surface area contributed by atoms with E-state index in [9.17, 15) is 0 Å². The maximum absolute atomic E-state index is 6.82. The molecule has 5 nitrogen and oxygen atoms in total. The molecule has 10 rings (SSSR count). The summed E-state index contributed by atoms with van der Waals surface area (Å²) in [4.78, 5) is 20.7. The van der Waals surface area contributed by atoms with Gasteiger partial charge in [-0.15, -0.1) is 0 Å². The Kier molecular flexibility index (Phi) is 6.24. The first kappa shape index (κ1) is 27.6. The quantitative estimate of drug-likeness (QED) is 0.183. The van der Waals surface area contributed by atoms with E-state index in [1.807, 2.05) is 60.7 Å². The first-order valence-electron chi connectivity index (χ1n) is 16.6. The van der Waals surface area contributed by atoms with Gasteiger partial charge in [-0.05, 0) is 44.1 Å². The van der Waals surface area contributed by atoms with Crippen molar-refractivity contribution in [3.63, 3.8) is 0 Å². The molecule has 0 fully saturated rings. The van der Waals surface area contributed by atoms with E-state index in [1.165, 1.54) is 21.2 Å². The van der Waals surface area contributed by atoms with Gasteiger partial charge < -0.3 is 4.74 Å². The highest BCUT2D eigenvalue weighted by atomic mass is 16.5. The number of benzene rings is 6. The van der Waals surface area contributed by atoms with E-state index in [4.69, 9.17) is 24.7 Å². The first-order valence-corrected chi connectivity index (χ1v) is 16.6. The zero-order valence-electron chi connectivity index (χ0n) is 26.4. The number of rotatable bonds is 4. The molecule has 2 aromatic heterocycles. The standard InChI is InChI=1S/C44H28N4O/c1-3-13-27(14-4-1)42-46-43(28-15-5-2-6-16-28)48-44(47-42)41-40-36-23-29-17-7-8-18-30(29)25-38(36)49-39(40)26-37(45-41)35-24-31-19-9-10-20-32(31)33-21-11-12-22-34(33)35/h1-26,36,38H. The smallest absolute Gasteiger partial charge is 0.182 e. The van der Waals surface area contributed by atoms with E-state index in [2.05, 4.69) is 97.1 Å². The van der Waals surface area contributed by atoms with Crippen LogP contribution in [-0.4, -0.2) is 26.0 Å². The summed E-state index contributed by atoms with van der Waals surface area (Å²) in [5, 5.41) is 7.04. The molecule has 0 amide bonds. The normalized spacial score (nSPS) is 15.8. The molecule has 49 heavy (non-hydrogen) atoms. The lowest BCUT2D eigenvalue weighted by molar-refractivity contribution is 0.288. The molecule has 1 aliphatic carbocycles. The number of hydrogen-bond donors (Lipinski definition) is 0. The average molecular weight is 629 g/mol. The van der Waals surface area contributed by atoms with Gasteiger partial charge in [0.05, 0.1) is 5.69 Å². The van der Waals surface area contributed by atoms with Gasteiger partial charge in [0, 0.05) is 34.2 Å². The molecular weight excluding hydrogens is 601 g/mol. The third kappa shape index (κ3) is 4.62. The fourth-order valence-electron chi connectivity index (χ4n) is 7.33. The van der Waals surface area contributed by atoms with E-state index in [-0.39, 0.29) is 12.0 Å². The molecule has 0 saturated carbocycles. The Morgan fingerprint density at radius 2 is 1.04 bits per heavy atom. The van der Waals surface area contributed by atoms with Crippen molar-refractivity contribution in [2.75, 3.05) is 0 Å². The number of pyridine rings is 1. The molecule has 0 spiro atoms. The van der Waals surface area contributed by atoms with Gasteiger partial charge >= 0.3 is 0 Å². The lowest BCUT2D eigenvalue weighted by Crippen LogP contribution is -2.34. The second-order valence-electron chi connectivity index (χ2n) is 12.6. The zero-order chi connectivity index (χ0) is 32.3. The summed E-state index contributed by atoms with van der Waals surface area (Å²) in [6.07, 6.45) is 4.37. The highest BCUT2D eigenvalue weighted by Crippen LogP contribution is 2.47. The minimum Gasteiger partial charge on any atom is -0.485 e. The molecule has 0 radical (unpaired) electrons. The highest BCUT2D eigenvalue weighted by Gasteiger charge is 2.37. The molecule has 1 aliphatic heterocycles. The van der Waals surface area contributed by atoms with Crippen LogP contribution in [0.1, 0.15) is 11.5 Å². The molecule has 3 heterocycles. The van der Waals surface area contributed by atoms with Crippen molar-refractivity contribution in [2.24, 2.45) is 0 Å². The highest BCUT2D eigenvalue weighted by molar-refractivity contribution is 6.13. The lowest BCUT2D eigenvalue weighted by atomic mass is 9.88. The minimum absolute atomic E-state index is 0.0492. The van der Waals surface area contributed by atoms with Gasteiger partial charge in [-0.2, -0.15) is 0 Å². The topological polar surface area (TPSA) is 60.8 Å². The van der Waals surface area contributed by atoms with Crippen LogP contribution < -0.4 is 15.2 Å². The summed E-state index contributed by atoms with van der Waals surface area (Å²) < 4.78 is 6.82. The van der Waals surface area contributed by atoms with Crippen molar-refractivity contribution in [1.29, 1.82) is 0 Å². The van der Waals surface area contributed by atoms with Crippen molar-refractivity contribution >= 4 is 33.7 Å². The molecule has 6 aromatic carbocycles. The van der Waals surface area contributed by atoms with Crippen LogP contribution in [0.25, 0.3) is 79.2 Å². The molecule has 8 aromatic rings. The van der Waals surface area contributed by atoms with Gasteiger partial charge in [-0.1, -0.05) is 140 Å². The number of hydrogen-bond acceptors (Lipinski definition) is 5. The molecule has 2 atom stereocenters. The molecular formula is C44H28N4O. The monoisotopic (exact) mass is 628 g/mol. The molecule has 2 aliphatic rings. The van der Waals surface area contributed by atoms with Crippen LogP contribution in [-0.2, 0) is 0 Å². The van der Waals surface area contributed by atoms with Crippen LogP contribution in [0.3, 0.4) is 0 Å². The predicted molar refractivity (Wildman–Crippen MR) is 196 cm³/mol. The van der Waals surface area contributed by atoms with Crippen LogP contribution in [0.15, 0.2) is 146 Å². The molecule has 0 bridgehead atoms. The largest absolute Gasteiger partial charge is 0.485 e. The average Bonchev–Trinajstić information content (AvgIpc) is 3.54. The van der Waals surface area contributed by atoms with Crippen LogP contribution in [0.4, 0.5) is 0 Å². The fourth-order valence-corrected chi connectivity index (χ4v) is 7.33. The molecule has 0 N–H and O–H groups in total. The van der Waals surface area contributed by atoms with Gasteiger partial charge in [0.2, 0.25) is 0 Å². The number of aromatic nitrogens is 4. The summed E-state index contributed by atoms with van der Waals surface area (Å²) in [6.45, 7) is 0. The Labute approximate surface area is 282 Å². The second-order valence-corrected chi connectivity index (χ2v) is 12.6. The number of fused-ring (bicyclic) bond motifs is 7. The van der Waals surface area contributed by atoms with Gasteiger partial charge in [-0.25, -0.2) is 19.9 Å². The minimum atomic E-state index is -0.168. The summed E-state index contributed by atoms with van der Waals surface area (Å²) in [5.74, 6) is 2.47. The van der Waals surface area contributed by atoms with Crippen LogP contribution >= 0.6 is 0 Å². The summed E-state index contributed by atoms with van der Waals surface area (Å²) >= 11 is 0. The van der Waals surface area contributed by atoms with E-state index < -0.39 is 0 Å². The van der Waals surface area contributed by atoms with E-state index in [0.717, 1.165) is 44.5 Å². The Hall–Kier alpha value is -6.46. The molecule has 230 valence electrons. The van der Waals surface area contributed by atoms with Gasteiger partial charge in [0.1, 0.15) is 17.5 Å². The van der Waals surface area contributed by atoms with Crippen LogP contribution in [0.5, 0.6) is 5.75 Å². The van der Waals surface area contributed by atoms with Crippen LogP contribution in [0, 0.1) is 0 Å². The first-order chi connectivity index (χ1) is 24.3. The maximum atomic E-state index is 6.82. The Morgan fingerprint density at radius 3 is 1.76 bits per heavy atom. The fraction of sp³-hybridized carbons (Fsp3) is 0.0455. The Bertz CT molecular complexity index is 2650. The zero-order valence-corrected chi connectivity index (χ0v) is 26.4. The SMILES string of the molecule is C1=c2ccccc2=CC2c3c(cc(-c4cc5ccccc5c5ccccc45)nc3-c3nc(-c4ccccc4)nc(-c4ccccc4)n3)OC12. The third-order valence-corrected chi connectivity index (χ3v) is 9.63. The van der Waals surface area contributed by atoms with E-state index >= 15 is 0 Å². The van der Waals surface area contributed by atoms with Gasteiger partial charge in [0.25, 0.3) is 0 Å². The number of nitrogens with zero attached hydrogens (tertiary/aromatic N) is 4. The maximum Gasteiger partial charge on any atom is 0.182 e. The second kappa shape index (κ2) is 11.1. The van der Waals surface area contributed by atoms with Crippen molar-refractivity contribution in [3.8, 4) is 51.3 Å². The Balaban J connectivity index is 1.27.